The lowest BCUT2D eigenvalue weighted by Crippen LogP contribution is -2.30. The fourth-order valence-corrected chi connectivity index (χ4v) is 2.62. The van der Waals surface area contributed by atoms with Crippen LogP contribution in [0.25, 0.3) is 0 Å². The molecule has 0 heterocycles. The molecule has 1 atom stereocenters. The molecule has 0 amide bonds. The molecule has 0 spiro atoms. The second kappa shape index (κ2) is 5.12. The standard InChI is InChI=1S/C16H23FN2/c1-11(13-3-4-13)19(2)16-8-12(7-14(17)9-16)10-18-15-5-6-15/h7-9,11,13,15,18H,3-6,10H2,1-2H3. The Labute approximate surface area is 115 Å². The third-order valence-electron chi connectivity index (χ3n) is 4.44. The van der Waals surface area contributed by atoms with Crippen molar-refractivity contribution in [2.45, 2.75) is 51.2 Å². The maximum absolute atomic E-state index is 13.8. The Balaban J connectivity index is 1.71. The molecule has 3 heteroatoms. The van der Waals surface area contributed by atoms with Gasteiger partial charge in [0.05, 0.1) is 0 Å². The fourth-order valence-electron chi connectivity index (χ4n) is 2.62. The number of hydrogen-bond acceptors (Lipinski definition) is 2. The quantitative estimate of drug-likeness (QED) is 0.846. The van der Waals surface area contributed by atoms with Crippen molar-refractivity contribution >= 4 is 5.69 Å². The zero-order valence-electron chi connectivity index (χ0n) is 11.8. The minimum Gasteiger partial charge on any atom is -0.372 e. The van der Waals surface area contributed by atoms with Gasteiger partial charge in [-0.1, -0.05) is 0 Å². The fraction of sp³-hybridized carbons (Fsp3) is 0.625. The molecule has 2 saturated carbocycles. The highest BCUT2D eigenvalue weighted by Crippen LogP contribution is 2.36. The van der Waals surface area contributed by atoms with Crippen LogP contribution in [-0.4, -0.2) is 19.1 Å². The first kappa shape index (κ1) is 12.9. The molecule has 1 aromatic rings. The predicted octanol–water partition coefficient (Wildman–Crippen LogP) is 3.31. The van der Waals surface area contributed by atoms with Crippen LogP contribution in [0.2, 0.25) is 0 Å². The number of anilines is 1. The van der Waals surface area contributed by atoms with E-state index in [0.717, 1.165) is 23.7 Å². The van der Waals surface area contributed by atoms with Gasteiger partial charge in [-0.25, -0.2) is 4.39 Å². The van der Waals surface area contributed by atoms with Crippen LogP contribution in [0, 0.1) is 11.7 Å². The molecule has 2 nitrogen and oxygen atoms in total. The average Bonchev–Trinajstić information content (AvgIpc) is 3.27. The lowest BCUT2D eigenvalue weighted by molar-refractivity contribution is 0.597. The van der Waals surface area contributed by atoms with Gasteiger partial charge in [0.2, 0.25) is 0 Å². The van der Waals surface area contributed by atoms with Crippen molar-refractivity contribution in [3.8, 4) is 0 Å². The van der Waals surface area contributed by atoms with Crippen LogP contribution >= 0.6 is 0 Å². The molecular formula is C16H23FN2. The largest absolute Gasteiger partial charge is 0.372 e. The van der Waals surface area contributed by atoms with Gasteiger partial charge in [-0.15, -0.1) is 0 Å². The smallest absolute Gasteiger partial charge is 0.125 e. The van der Waals surface area contributed by atoms with Crippen molar-refractivity contribution < 1.29 is 4.39 Å². The molecule has 19 heavy (non-hydrogen) atoms. The molecule has 0 radical (unpaired) electrons. The summed E-state index contributed by atoms with van der Waals surface area (Å²) in [6.45, 7) is 3.02. The van der Waals surface area contributed by atoms with Crippen molar-refractivity contribution in [1.29, 1.82) is 0 Å². The highest BCUT2D eigenvalue weighted by Gasteiger charge is 2.30. The van der Waals surface area contributed by atoms with E-state index >= 15 is 0 Å². The Morgan fingerprint density at radius 1 is 1.26 bits per heavy atom. The van der Waals surface area contributed by atoms with Gasteiger partial charge in [-0.05, 0) is 62.3 Å². The summed E-state index contributed by atoms with van der Waals surface area (Å²) in [7, 11) is 2.08. The summed E-state index contributed by atoms with van der Waals surface area (Å²) in [5, 5.41) is 3.45. The molecule has 2 aliphatic rings. The first-order chi connectivity index (χ1) is 9.13. The van der Waals surface area contributed by atoms with Crippen LogP contribution in [-0.2, 0) is 6.54 Å². The van der Waals surface area contributed by atoms with Crippen LogP contribution in [0.3, 0.4) is 0 Å². The SMILES string of the molecule is CC(C1CC1)N(C)c1cc(F)cc(CNC2CC2)c1. The zero-order chi connectivity index (χ0) is 13.4. The van der Waals surface area contributed by atoms with Gasteiger partial charge in [-0.2, -0.15) is 0 Å². The first-order valence-electron chi connectivity index (χ1n) is 7.39. The Bertz CT molecular complexity index is 452. The topological polar surface area (TPSA) is 15.3 Å². The second-order valence-corrected chi connectivity index (χ2v) is 6.16. The Hall–Kier alpha value is -1.09. The van der Waals surface area contributed by atoms with Crippen LogP contribution in [0.5, 0.6) is 0 Å². The molecule has 3 rings (SSSR count). The highest BCUT2D eigenvalue weighted by molar-refractivity contribution is 5.49. The minimum absolute atomic E-state index is 0.125. The monoisotopic (exact) mass is 262 g/mol. The number of hydrogen-bond donors (Lipinski definition) is 1. The normalized spacial score (nSPS) is 20.4. The zero-order valence-corrected chi connectivity index (χ0v) is 11.8. The van der Waals surface area contributed by atoms with E-state index in [1.54, 1.807) is 12.1 Å². The van der Waals surface area contributed by atoms with E-state index in [0.29, 0.717) is 12.1 Å². The molecule has 2 aliphatic carbocycles. The Morgan fingerprint density at radius 3 is 2.63 bits per heavy atom. The van der Waals surface area contributed by atoms with Gasteiger partial charge in [0.15, 0.2) is 0 Å². The number of halogens is 1. The molecule has 0 aromatic heterocycles. The molecule has 2 fully saturated rings. The van der Waals surface area contributed by atoms with Gasteiger partial charge in [0, 0.05) is 31.4 Å². The van der Waals surface area contributed by atoms with E-state index in [4.69, 9.17) is 0 Å². The molecule has 1 N–H and O–H groups in total. The van der Waals surface area contributed by atoms with E-state index in [1.165, 1.54) is 25.7 Å². The molecule has 104 valence electrons. The van der Waals surface area contributed by atoms with Crippen molar-refractivity contribution in [3.05, 3.63) is 29.6 Å². The third-order valence-corrected chi connectivity index (χ3v) is 4.44. The number of nitrogens with zero attached hydrogens (tertiary/aromatic N) is 1. The van der Waals surface area contributed by atoms with Crippen molar-refractivity contribution in [3.63, 3.8) is 0 Å². The minimum atomic E-state index is -0.125. The lowest BCUT2D eigenvalue weighted by atomic mass is 10.1. The van der Waals surface area contributed by atoms with Crippen LogP contribution in [0.4, 0.5) is 10.1 Å². The summed E-state index contributed by atoms with van der Waals surface area (Å²) < 4.78 is 13.8. The van der Waals surface area contributed by atoms with Crippen molar-refractivity contribution in [1.82, 2.24) is 5.32 Å². The third kappa shape index (κ3) is 3.27. The number of rotatable bonds is 6. The summed E-state index contributed by atoms with van der Waals surface area (Å²) in [5.74, 6) is 0.668. The first-order valence-corrected chi connectivity index (χ1v) is 7.39. The average molecular weight is 262 g/mol. The summed E-state index contributed by atoms with van der Waals surface area (Å²) >= 11 is 0. The van der Waals surface area contributed by atoms with Crippen LogP contribution in [0.15, 0.2) is 18.2 Å². The van der Waals surface area contributed by atoms with E-state index in [-0.39, 0.29) is 5.82 Å². The number of nitrogens with one attached hydrogen (secondary N) is 1. The molecule has 1 aromatic carbocycles. The van der Waals surface area contributed by atoms with Crippen LogP contribution in [0.1, 0.15) is 38.2 Å². The van der Waals surface area contributed by atoms with Gasteiger partial charge in [-0.3, -0.25) is 0 Å². The molecule has 0 bridgehead atoms. The van der Waals surface area contributed by atoms with Gasteiger partial charge < -0.3 is 10.2 Å². The molecular weight excluding hydrogens is 239 g/mol. The summed E-state index contributed by atoms with van der Waals surface area (Å²) in [5.41, 5.74) is 2.06. The van der Waals surface area contributed by atoms with E-state index in [1.807, 2.05) is 0 Å². The van der Waals surface area contributed by atoms with E-state index in [2.05, 4.69) is 30.3 Å². The van der Waals surface area contributed by atoms with E-state index < -0.39 is 0 Å². The van der Waals surface area contributed by atoms with E-state index in [9.17, 15) is 4.39 Å². The van der Waals surface area contributed by atoms with Crippen molar-refractivity contribution in [2.75, 3.05) is 11.9 Å². The predicted molar refractivity (Wildman–Crippen MR) is 76.9 cm³/mol. The highest BCUT2D eigenvalue weighted by atomic mass is 19.1. The summed E-state index contributed by atoms with van der Waals surface area (Å²) in [6.07, 6.45) is 5.16. The van der Waals surface area contributed by atoms with Crippen LogP contribution < -0.4 is 10.2 Å². The van der Waals surface area contributed by atoms with Gasteiger partial charge in [0.1, 0.15) is 5.82 Å². The summed E-state index contributed by atoms with van der Waals surface area (Å²) in [4.78, 5) is 2.22. The second-order valence-electron chi connectivity index (χ2n) is 6.16. The number of benzene rings is 1. The van der Waals surface area contributed by atoms with Gasteiger partial charge >= 0.3 is 0 Å². The maximum atomic E-state index is 13.8. The lowest BCUT2D eigenvalue weighted by Gasteiger charge is -2.27. The molecule has 1 unspecified atom stereocenters. The Kier molecular flexibility index (Phi) is 3.48. The van der Waals surface area contributed by atoms with Crippen molar-refractivity contribution in [2.24, 2.45) is 5.92 Å². The maximum Gasteiger partial charge on any atom is 0.125 e. The molecule has 0 aliphatic heterocycles. The Morgan fingerprint density at radius 2 is 2.00 bits per heavy atom. The molecule has 0 saturated heterocycles. The summed E-state index contributed by atoms with van der Waals surface area (Å²) in [6, 6.07) is 6.59. The van der Waals surface area contributed by atoms with Gasteiger partial charge in [0.25, 0.3) is 0 Å².